The molecule has 1 atom stereocenters. The predicted octanol–water partition coefficient (Wildman–Crippen LogP) is 5.48. The van der Waals surface area contributed by atoms with Gasteiger partial charge >= 0.3 is 0 Å². The molecule has 27 heavy (non-hydrogen) atoms. The molecule has 3 aromatic rings. The molecule has 0 spiro atoms. The van der Waals surface area contributed by atoms with Crippen LogP contribution in [0.15, 0.2) is 72.8 Å². The minimum Gasteiger partial charge on any atom is -0.507 e. The number of halogens is 1. The van der Waals surface area contributed by atoms with Crippen molar-refractivity contribution in [3.05, 3.63) is 88.9 Å². The molecule has 0 aliphatic rings. The van der Waals surface area contributed by atoms with Crippen LogP contribution in [0.5, 0.6) is 11.5 Å². The first kappa shape index (κ1) is 18.8. The quantitative estimate of drug-likeness (QED) is 0.594. The van der Waals surface area contributed by atoms with E-state index in [-0.39, 0.29) is 17.2 Å². The maximum Gasteiger partial charge on any atom is 0.259 e. The molecule has 1 amide bonds. The monoisotopic (exact) mass is 381 g/mol. The average molecular weight is 382 g/mol. The van der Waals surface area contributed by atoms with Gasteiger partial charge in [0.25, 0.3) is 5.91 Å². The largest absolute Gasteiger partial charge is 0.507 e. The number of amides is 1. The highest BCUT2D eigenvalue weighted by Gasteiger charge is 2.13. The van der Waals surface area contributed by atoms with Crippen LogP contribution in [0.1, 0.15) is 28.8 Å². The molecule has 2 N–H and O–H groups in total. The standard InChI is InChI=1S/C22H20ClNO3/c1-15(16-6-3-2-4-7-16)14-27-19-9-5-8-18(13-19)24-22(26)20-12-17(23)10-11-21(20)25/h2-13,15,25H,14H2,1H3,(H,24,26)/t15-/m1/s1. The molecule has 0 heterocycles. The number of anilines is 1. The van der Waals surface area contributed by atoms with Crippen LogP contribution < -0.4 is 10.1 Å². The number of nitrogens with one attached hydrogen (secondary N) is 1. The van der Waals surface area contributed by atoms with E-state index < -0.39 is 5.91 Å². The van der Waals surface area contributed by atoms with Crippen molar-refractivity contribution in [3.8, 4) is 11.5 Å². The van der Waals surface area contributed by atoms with Crippen LogP contribution in [0.4, 0.5) is 5.69 Å². The van der Waals surface area contributed by atoms with E-state index in [2.05, 4.69) is 24.4 Å². The second kappa shape index (κ2) is 8.60. The molecule has 138 valence electrons. The van der Waals surface area contributed by atoms with Crippen molar-refractivity contribution >= 4 is 23.2 Å². The lowest BCUT2D eigenvalue weighted by molar-refractivity contribution is 0.102. The van der Waals surface area contributed by atoms with Crippen molar-refractivity contribution in [1.29, 1.82) is 0 Å². The van der Waals surface area contributed by atoms with Gasteiger partial charge in [-0.25, -0.2) is 0 Å². The third-order valence-corrected chi connectivity index (χ3v) is 4.40. The molecule has 0 fully saturated rings. The number of phenols is 1. The van der Waals surface area contributed by atoms with Crippen LogP contribution in [0, 0.1) is 0 Å². The molecule has 0 aliphatic heterocycles. The van der Waals surface area contributed by atoms with Crippen molar-refractivity contribution < 1.29 is 14.6 Å². The predicted molar refractivity (Wildman–Crippen MR) is 108 cm³/mol. The second-order valence-electron chi connectivity index (χ2n) is 6.27. The molecule has 0 bridgehead atoms. The SMILES string of the molecule is C[C@H](COc1cccc(NC(=O)c2cc(Cl)ccc2O)c1)c1ccccc1. The molecule has 0 aromatic heterocycles. The Morgan fingerprint density at radius 3 is 2.63 bits per heavy atom. The van der Waals surface area contributed by atoms with Crippen LogP contribution in [-0.2, 0) is 0 Å². The lowest BCUT2D eigenvalue weighted by Gasteiger charge is -2.14. The van der Waals surface area contributed by atoms with Gasteiger partial charge in [0.15, 0.2) is 0 Å². The van der Waals surface area contributed by atoms with E-state index in [4.69, 9.17) is 16.3 Å². The average Bonchev–Trinajstić information content (AvgIpc) is 2.69. The van der Waals surface area contributed by atoms with E-state index in [0.717, 1.165) is 0 Å². The number of phenolic OH excluding ortho intramolecular Hbond substituents is 1. The number of rotatable bonds is 6. The molecule has 3 rings (SSSR count). The summed E-state index contributed by atoms with van der Waals surface area (Å²) in [5.74, 6) is 0.338. The fourth-order valence-electron chi connectivity index (χ4n) is 2.65. The Kier molecular flexibility index (Phi) is 5.99. The van der Waals surface area contributed by atoms with E-state index in [1.807, 2.05) is 24.3 Å². The maximum atomic E-state index is 12.4. The fourth-order valence-corrected chi connectivity index (χ4v) is 2.82. The van der Waals surface area contributed by atoms with Crippen LogP contribution in [-0.4, -0.2) is 17.6 Å². The Hall–Kier alpha value is -2.98. The normalized spacial score (nSPS) is 11.6. The van der Waals surface area contributed by atoms with E-state index in [0.29, 0.717) is 23.1 Å². The van der Waals surface area contributed by atoms with Crippen LogP contribution in [0.3, 0.4) is 0 Å². The Morgan fingerprint density at radius 1 is 1.07 bits per heavy atom. The summed E-state index contributed by atoms with van der Waals surface area (Å²) in [6, 6.07) is 21.6. The van der Waals surface area contributed by atoms with Crippen LogP contribution >= 0.6 is 11.6 Å². The molecule has 4 nitrogen and oxygen atoms in total. The topological polar surface area (TPSA) is 58.6 Å². The molecule has 0 radical (unpaired) electrons. The molecular formula is C22H20ClNO3. The number of benzene rings is 3. The first-order valence-corrected chi connectivity index (χ1v) is 8.98. The summed E-state index contributed by atoms with van der Waals surface area (Å²) in [4.78, 5) is 12.4. The zero-order valence-electron chi connectivity index (χ0n) is 14.9. The Morgan fingerprint density at radius 2 is 1.85 bits per heavy atom. The van der Waals surface area contributed by atoms with Gasteiger partial charge in [0.1, 0.15) is 11.5 Å². The first-order valence-electron chi connectivity index (χ1n) is 8.60. The Bertz CT molecular complexity index is 928. The van der Waals surface area contributed by atoms with E-state index in [1.54, 1.807) is 18.2 Å². The summed E-state index contributed by atoms with van der Waals surface area (Å²) in [5, 5.41) is 13.0. The summed E-state index contributed by atoms with van der Waals surface area (Å²) < 4.78 is 5.87. The van der Waals surface area contributed by atoms with Crippen molar-refractivity contribution in [1.82, 2.24) is 0 Å². The van der Waals surface area contributed by atoms with Gasteiger partial charge in [-0.3, -0.25) is 4.79 Å². The summed E-state index contributed by atoms with van der Waals surface area (Å²) in [6.45, 7) is 2.62. The molecule has 5 heteroatoms. The van der Waals surface area contributed by atoms with Gasteiger partial charge in [-0.05, 0) is 35.9 Å². The third-order valence-electron chi connectivity index (χ3n) is 4.16. The third kappa shape index (κ3) is 5.02. The van der Waals surface area contributed by atoms with Crippen molar-refractivity contribution in [2.45, 2.75) is 12.8 Å². The zero-order valence-corrected chi connectivity index (χ0v) is 15.6. The van der Waals surface area contributed by atoms with Gasteiger partial charge in [-0.1, -0.05) is 54.9 Å². The molecular weight excluding hydrogens is 362 g/mol. The molecule has 0 unspecified atom stereocenters. The summed E-state index contributed by atoms with van der Waals surface area (Å²) in [5.41, 5.74) is 1.90. The molecule has 0 aliphatic carbocycles. The fraction of sp³-hybridized carbons (Fsp3) is 0.136. The number of carbonyl (C=O) groups is 1. The van der Waals surface area contributed by atoms with Gasteiger partial charge in [0, 0.05) is 22.7 Å². The van der Waals surface area contributed by atoms with Gasteiger partial charge < -0.3 is 15.2 Å². The van der Waals surface area contributed by atoms with Gasteiger partial charge in [-0.2, -0.15) is 0 Å². The summed E-state index contributed by atoms with van der Waals surface area (Å²) >= 11 is 5.90. The molecule has 3 aromatic carbocycles. The summed E-state index contributed by atoms with van der Waals surface area (Å²) in [6.07, 6.45) is 0. The number of aromatic hydroxyl groups is 1. The van der Waals surface area contributed by atoms with E-state index >= 15 is 0 Å². The Labute approximate surface area is 163 Å². The second-order valence-corrected chi connectivity index (χ2v) is 6.70. The lowest BCUT2D eigenvalue weighted by Crippen LogP contribution is -2.12. The molecule has 0 saturated carbocycles. The van der Waals surface area contributed by atoms with E-state index in [1.165, 1.54) is 23.8 Å². The smallest absolute Gasteiger partial charge is 0.259 e. The lowest BCUT2D eigenvalue weighted by atomic mass is 10.0. The summed E-state index contributed by atoms with van der Waals surface area (Å²) in [7, 11) is 0. The maximum absolute atomic E-state index is 12.4. The van der Waals surface area contributed by atoms with Crippen molar-refractivity contribution in [2.75, 3.05) is 11.9 Å². The van der Waals surface area contributed by atoms with Crippen molar-refractivity contribution in [3.63, 3.8) is 0 Å². The Balaban J connectivity index is 1.65. The molecule has 0 saturated heterocycles. The van der Waals surface area contributed by atoms with Gasteiger partial charge in [0.05, 0.1) is 12.2 Å². The minimum atomic E-state index is -0.440. The number of ether oxygens (including phenoxy) is 1. The first-order chi connectivity index (χ1) is 13.0. The highest BCUT2D eigenvalue weighted by molar-refractivity contribution is 6.31. The van der Waals surface area contributed by atoms with Crippen LogP contribution in [0.25, 0.3) is 0 Å². The van der Waals surface area contributed by atoms with Gasteiger partial charge in [-0.15, -0.1) is 0 Å². The highest BCUT2D eigenvalue weighted by Crippen LogP contribution is 2.24. The number of carbonyl (C=O) groups excluding carboxylic acids is 1. The van der Waals surface area contributed by atoms with Crippen molar-refractivity contribution in [2.24, 2.45) is 0 Å². The number of hydrogen-bond acceptors (Lipinski definition) is 3. The number of hydrogen-bond donors (Lipinski definition) is 2. The van der Waals surface area contributed by atoms with Crippen LogP contribution in [0.2, 0.25) is 5.02 Å². The van der Waals surface area contributed by atoms with E-state index in [9.17, 15) is 9.90 Å². The zero-order chi connectivity index (χ0) is 19.2. The van der Waals surface area contributed by atoms with Gasteiger partial charge in [0.2, 0.25) is 0 Å². The minimum absolute atomic E-state index is 0.117. The highest BCUT2D eigenvalue weighted by atomic mass is 35.5.